The zero-order valence-corrected chi connectivity index (χ0v) is 24.0. The van der Waals surface area contributed by atoms with Gasteiger partial charge in [-0.3, -0.25) is 4.90 Å². The molecule has 42 heavy (non-hydrogen) atoms. The molecule has 1 saturated heterocycles. The normalized spacial score (nSPS) is 20.9. The highest BCUT2D eigenvalue weighted by Crippen LogP contribution is 2.29. The summed E-state index contributed by atoms with van der Waals surface area (Å²) in [6.07, 6.45) is -0.977. The number of likely N-dealkylation sites (tertiary alicyclic amines) is 1. The average Bonchev–Trinajstić information content (AvgIpc) is 3.05. The van der Waals surface area contributed by atoms with Gasteiger partial charge in [-0.25, -0.2) is 0 Å². The molecular weight excluding hydrogens is 526 g/mol. The number of rotatable bonds is 15. The number of benzene rings is 4. The molecular formula is C36H41NO5. The van der Waals surface area contributed by atoms with Crippen molar-refractivity contribution in [1.29, 1.82) is 0 Å². The van der Waals surface area contributed by atoms with Crippen LogP contribution in [0.25, 0.3) is 0 Å². The SMILES string of the molecule is OCCN1C[C@@H](OCc2ccccc2)[C@@H](OCc2ccccc2)[C@H](OCc2ccccc2)[C@H]1COCc1ccccc1. The third-order valence-corrected chi connectivity index (χ3v) is 7.62. The second-order valence-corrected chi connectivity index (χ2v) is 10.6. The Morgan fingerprint density at radius 1 is 0.548 bits per heavy atom. The van der Waals surface area contributed by atoms with Crippen molar-refractivity contribution in [2.24, 2.45) is 0 Å². The summed E-state index contributed by atoms with van der Waals surface area (Å²) in [5, 5.41) is 10.1. The molecule has 0 saturated carbocycles. The van der Waals surface area contributed by atoms with E-state index in [-0.39, 0.29) is 31.0 Å². The van der Waals surface area contributed by atoms with Gasteiger partial charge in [0.25, 0.3) is 0 Å². The zero-order valence-electron chi connectivity index (χ0n) is 24.0. The Morgan fingerprint density at radius 3 is 1.45 bits per heavy atom. The van der Waals surface area contributed by atoms with E-state index in [4.69, 9.17) is 18.9 Å². The van der Waals surface area contributed by atoms with Crippen molar-refractivity contribution in [2.75, 3.05) is 26.3 Å². The number of aliphatic hydroxyl groups is 1. The molecule has 0 bridgehead atoms. The van der Waals surface area contributed by atoms with Gasteiger partial charge in [0.05, 0.1) is 51.8 Å². The van der Waals surface area contributed by atoms with Gasteiger partial charge in [0.15, 0.2) is 0 Å². The van der Waals surface area contributed by atoms with Crippen LogP contribution in [0, 0.1) is 0 Å². The van der Waals surface area contributed by atoms with Crippen molar-refractivity contribution in [2.45, 2.75) is 50.8 Å². The summed E-state index contributed by atoms with van der Waals surface area (Å²) in [4.78, 5) is 2.23. The molecule has 1 fully saturated rings. The second-order valence-electron chi connectivity index (χ2n) is 10.6. The summed E-state index contributed by atoms with van der Waals surface area (Å²) in [5.74, 6) is 0. The van der Waals surface area contributed by atoms with E-state index in [0.717, 1.165) is 22.3 Å². The summed E-state index contributed by atoms with van der Waals surface area (Å²) < 4.78 is 26.3. The predicted molar refractivity (Wildman–Crippen MR) is 164 cm³/mol. The first-order chi connectivity index (χ1) is 20.8. The minimum atomic E-state index is -0.356. The molecule has 1 aliphatic heterocycles. The van der Waals surface area contributed by atoms with Crippen LogP contribution in [0.1, 0.15) is 22.3 Å². The van der Waals surface area contributed by atoms with Crippen LogP contribution < -0.4 is 0 Å². The molecule has 1 aliphatic rings. The highest BCUT2D eigenvalue weighted by Gasteiger charge is 2.46. The lowest BCUT2D eigenvalue weighted by Gasteiger charge is -2.48. The van der Waals surface area contributed by atoms with Gasteiger partial charge in [0, 0.05) is 13.1 Å². The van der Waals surface area contributed by atoms with Gasteiger partial charge in [-0.05, 0) is 22.3 Å². The molecule has 1 heterocycles. The summed E-state index contributed by atoms with van der Waals surface area (Å²) in [6, 6.07) is 40.6. The van der Waals surface area contributed by atoms with E-state index in [2.05, 4.69) is 53.4 Å². The van der Waals surface area contributed by atoms with Crippen molar-refractivity contribution in [3.63, 3.8) is 0 Å². The van der Waals surface area contributed by atoms with E-state index in [9.17, 15) is 5.11 Å². The molecule has 220 valence electrons. The fourth-order valence-corrected chi connectivity index (χ4v) is 5.43. The first-order valence-corrected chi connectivity index (χ1v) is 14.7. The molecule has 4 atom stereocenters. The highest BCUT2D eigenvalue weighted by atomic mass is 16.6. The lowest BCUT2D eigenvalue weighted by Crippen LogP contribution is -2.65. The molecule has 0 aliphatic carbocycles. The Bertz CT molecular complexity index is 1280. The fourth-order valence-electron chi connectivity index (χ4n) is 5.43. The lowest BCUT2D eigenvalue weighted by molar-refractivity contribution is -0.211. The van der Waals surface area contributed by atoms with E-state index < -0.39 is 0 Å². The minimum absolute atomic E-state index is 0.0293. The van der Waals surface area contributed by atoms with Crippen molar-refractivity contribution < 1.29 is 24.1 Å². The average molecular weight is 568 g/mol. The van der Waals surface area contributed by atoms with E-state index in [1.54, 1.807) is 0 Å². The molecule has 0 aromatic heterocycles. The first kappa shape index (κ1) is 30.1. The number of nitrogens with zero attached hydrogens (tertiary/aromatic N) is 1. The van der Waals surface area contributed by atoms with Gasteiger partial charge in [-0.15, -0.1) is 0 Å². The Kier molecular flexibility index (Phi) is 11.7. The van der Waals surface area contributed by atoms with Crippen LogP contribution in [0.2, 0.25) is 0 Å². The van der Waals surface area contributed by atoms with Gasteiger partial charge < -0.3 is 24.1 Å². The van der Waals surface area contributed by atoms with Gasteiger partial charge in [-0.1, -0.05) is 121 Å². The quantitative estimate of drug-likeness (QED) is 0.201. The Balaban J connectivity index is 1.40. The monoisotopic (exact) mass is 567 g/mol. The number of aliphatic hydroxyl groups excluding tert-OH is 1. The maximum Gasteiger partial charge on any atom is 0.113 e. The van der Waals surface area contributed by atoms with Gasteiger partial charge in [0.2, 0.25) is 0 Å². The van der Waals surface area contributed by atoms with Crippen LogP contribution in [0.5, 0.6) is 0 Å². The first-order valence-electron chi connectivity index (χ1n) is 14.7. The molecule has 1 N–H and O–H groups in total. The molecule has 0 unspecified atom stereocenters. The van der Waals surface area contributed by atoms with Crippen LogP contribution >= 0.6 is 0 Å². The molecule has 0 spiro atoms. The summed E-state index contributed by atoms with van der Waals surface area (Å²) in [7, 11) is 0. The third kappa shape index (κ3) is 8.82. The van der Waals surface area contributed by atoms with Crippen LogP contribution in [0.3, 0.4) is 0 Å². The standard InChI is InChI=1S/C36H41NO5/c38-22-21-37-23-34(40-25-30-15-7-2-8-16-30)36(42-27-32-19-11-4-12-20-32)35(41-26-31-17-9-3-10-18-31)33(37)28-39-24-29-13-5-1-6-14-29/h1-20,33-36,38H,21-28H2/t33-,34-,35-,36-/m1/s1. The topological polar surface area (TPSA) is 60.4 Å². The van der Waals surface area contributed by atoms with Crippen molar-refractivity contribution >= 4 is 0 Å². The van der Waals surface area contributed by atoms with E-state index in [0.29, 0.717) is 46.1 Å². The van der Waals surface area contributed by atoms with Gasteiger partial charge in [-0.2, -0.15) is 0 Å². The molecule has 5 rings (SSSR count). The van der Waals surface area contributed by atoms with E-state index >= 15 is 0 Å². The maximum absolute atomic E-state index is 10.1. The van der Waals surface area contributed by atoms with Crippen LogP contribution in [0.15, 0.2) is 121 Å². The largest absolute Gasteiger partial charge is 0.395 e. The van der Waals surface area contributed by atoms with Gasteiger partial charge >= 0.3 is 0 Å². The molecule has 0 radical (unpaired) electrons. The van der Waals surface area contributed by atoms with Crippen LogP contribution in [-0.4, -0.2) is 60.7 Å². The Labute approximate surface area is 249 Å². The Hall–Kier alpha value is -3.36. The molecule has 6 nitrogen and oxygen atoms in total. The summed E-state index contributed by atoms with van der Waals surface area (Å²) in [5.41, 5.74) is 4.40. The molecule has 6 heteroatoms. The molecule has 4 aromatic rings. The number of hydrogen-bond donors (Lipinski definition) is 1. The summed E-state index contributed by atoms with van der Waals surface area (Å²) in [6.45, 7) is 3.39. The smallest absolute Gasteiger partial charge is 0.113 e. The van der Waals surface area contributed by atoms with Crippen LogP contribution in [-0.2, 0) is 45.4 Å². The van der Waals surface area contributed by atoms with Crippen molar-refractivity contribution in [3.8, 4) is 0 Å². The number of hydrogen-bond acceptors (Lipinski definition) is 6. The van der Waals surface area contributed by atoms with Crippen molar-refractivity contribution in [1.82, 2.24) is 4.90 Å². The van der Waals surface area contributed by atoms with Crippen molar-refractivity contribution in [3.05, 3.63) is 144 Å². The predicted octanol–water partition coefficient (Wildman–Crippen LogP) is 5.64. The Morgan fingerprint density at radius 2 is 0.976 bits per heavy atom. The fraction of sp³-hybridized carbons (Fsp3) is 0.333. The zero-order chi connectivity index (χ0) is 28.8. The summed E-state index contributed by atoms with van der Waals surface area (Å²) >= 11 is 0. The minimum Gasteiger partial charge on any atom is -0.395 e. The van der Waals surface area contributed by atoms with Gasteiger partial charge in [0.1, 0.15) is 12.2 Å². The molecule has 0 amide bonds. The van der Waals surface area contributed by atoms with Crippen LogP contribution in [0.4, 0.5) is 0 Å². The van der Waals surface area contributed by atoms with E-state index in [1.165, 1.54) is 0 Å². The van der Waals surface area contributed by atoms with E-state index in [1.807, 2.05) is 72.8 Å². The second kappa shape index (κ2) is 16.3. The highest BCUT2D eigenvalue weighted by molar-refractivity contribution is 5.16. The third-order valence-electron chi connectivity index (χ3n) is 7.62. The lowest BCUT2D eigenvalue weighted by atomic mass is 9.93. The number of ether oxygens (including phenoxy) is 4. The number of β-amino-alcohol motifs (C(OH)–C–C–N with tert-alkyl or cyclic N) is 1. The number of piperidine rings is 1. The molecule has 4 aromatic carbocycles. The maximum atomic E-state index is 10.1.